The second-order valence-electron chi connectivity index (χ2n) is 5.53. The Bertz CT molecular complexity index is 344. The molecule has 4 heteroatoms. The Morgan fingerprint density at radius 1 is 1.17 bits per heavy atom. The van der Waals surface area contributed by atoms with E-state index in [-0.39, 0.29) is 0 Å². The molecule has 0 amide bonds. The van der Waals surface area contributed by atoms with E-state index in [0.29, 0.717) is 5.54 Å². The minimum atomic E-state index is 0.341. The van der Waals surface area contributed by atoms with Crippen molar-refractivity contribution in [3.05, 3.63) is 24.3 Å². The minimum Gasteiger partial charge on any atom is -0.311 e. The van der Waals surface area contributed by atoms with E-state index in [2.05, 4.69) is 34.3 Å². The van der Waals surface area contributed by atoms with E-state index in [1.54, 1.807) is 6.33 Å². The van der Waals surface area contributed by atoms with Gasteiger partial charge in [0.25, 0.3) is 0 Å². The van der Waals surface area contributed by atoms with E-state index in [9.17, 15) is 0 Å². The maximum Gasteiger partial charge on any atom is 0.115 e. The van der Waals surface area contributed by atoms with Gasteiger partial charge in [-0.05, 0) is 26.9 Å². The van der Waals surface area contributed by atoms with Crippen LogP contribution in [0.4, 0.5) is 0 Å². The van der Waals surface area contributed by atoms with Gasteiger partial charge in [-0.3, -0.25) is 0 Å². The first-order chi connectivity index (χ1) is 8.73. The maximum absolute atomic E-state index is 4.04. The molecule has 1 aliphatic carbocycles. The first-order valence-corrected chi connectivity index (χ1v) is 6.85. The van der Waals surface area contributed by atoms with Gasteiger partial charge >= 0.3 is 0 Å². The topological polar surface area (TPSA) is 41.0 Å². The zero-order chi connectivity index (χ0) is 12.8. The van der Waals surface area contributed by atoms with E-state index >= 15 is 0 Å². The second kappa shape index (κ2) is 6.25. The number of hydrogen-bond acceptors (Lipinski definition) is 4. The fourth-order valence-electron chi connectivity index (χ4n) is 2.85. The van der Waals surface area contributed by atoms with Crippen LogP contribution in [-0.4, -0.2) is 41.0 Å². The van der Waals surface area contributed by atoms with Crippen molar-refractivity contribution in [1.82, 2.24) is 20.2 Å². The average molecular weight is 248 g/mol. The smallest absolute Gasteiger partial charge is 0.115 e. The SMILES string of the molecule is CN(C)C1(CNCc2cncnc2)CCCCC1. The zero-order valence-electron chi connectivity index (χ0n) is 11.5. The Balaban J connectivity index is 1.86. The van der Waals surface area contributed by atoms with Crippen molar-refractivity contribution in [2.45, 2.75) is 44.2 Å². The highest BCUT2D eigenvalue weighted by Crippen LogP contribution is 2.31. The number of hydrogen-bond donors (Lipinski definition) is 1. The molecule has 1 fully saturated rings. The molecule has 0 radical (unpaired) electrons. The van der Waals surface area contributed by atoms with E-state index in [4.69, 9.17) is 0 Å². The lowest BCUT2D eigenvalue weighted by Gasteiger charge is -2.43. The molecule has 0 saturated heterocycles. The third-order valence-corrected chi connectivity index (χ3v) is 4.13. The summed E-state index contributed by atoms with van der Waals surface area (Å²) >= 11 is 0. The van der Waals surface area contributed by atoms with Gasteiger partial charge in [0.1, 0.15) is 6.33 Å². The standard InChI is InChI=1S/C14H24N4/c1-18(2)14(6-4-3-5-7-14)11-15-8-13-9-16-12-17-10-13/h9-10,12,15H,3-8,11H2,1-2H3. The molecule has 0 aromatic carbocycles. The fraction of sp³-hybridized carbons (Fsp3) is 0.714. The highest BCUT2D eigenvalue weighted by atomic mass is 15.2. The molecule has 1 N–H and O–H groups in total. The average Bonchev–Trinajstić information content (AvgIpc) is 2.41. The van der Waals surface area contributed by atoms with Crippen LogP contribution in [0.1, 0.15) is 37.7 Å². The first-order valence-electron chi connectivity index (χ1n) is 6.85. The van der Waals surface area contributed by atoms with Gasteiger partial charge < -0.3 is 10.2 Å². The molecule has 1 saturated carbocycles. The van der Waals surface area contributed by atoms with Gasteiger partial charge in [-0.2, -0.15) is 0 Å². The first kappa shape index (κ1) is 13.4. The van der Waals surface area contributed by atoms with Crippen molar-refractivity contribution in [1.29, 1.82) is 0 Å². The lowest BCUT2D eigenvalue weighted by Crippen LogP contribution is -2.52. The maximum atomic E-state index is 4.04. The van der Waals surface area contributed by atoms with E-state index in [0.717, 1.165) is 18.7 Å². The number of nitrogens with zero attached hydrogens (tertiary/aromatic N) is 3. The number of rotatable bonds is 5. The summed E-state index contributed by atoms with van der Waals surface area (Å²) in [6.45, 7) is 1.91. The van der Waals surface area contributed by atoms with Gasteiger partial charge in [-0.1, -0.05) is 19.3 Å². The van der Waals surface area contributed by atoms with Crippen LogP contribution in [0.2, 0.25) is 0 Å². The molecule has 1 aromatic rings. The van der Waals surface area contributed by atoms with Gasteiger partial charge in [-0.25, -0.2) is 9.97 Å². The monoisotopic (exact) mass is 248 g/mol. The van der Waals surface area contributed by atoms with E-state index in [1.165, 1.54) is 32.1 Å². The van der Waals surface area contributed by atoms with Gasteiger partial charge in [0, 0.05) is 36.6 Å². The summed E-state index contributed by atoms with van der Waals surface area (Å²) in [5.41, 5.74) is 1.50. The molecule has 1 aromatic heterocycles. The lowest BCUT2D eigenvalue weighted by molar-refractivity contribution is 0.0984. The lowest BCUT2D eigenvalue weighted by atomic mass is 9.80. The van der Waals surface area contributed by atoms with Crippen LogP contribution < -0.4 is 5.32 Å². The summed E-state index contributed by atoms with van der Waals surface area (Å²) < 4.78 is 0. The van der Waals surface area contributed by atoms with Gasteiger partial charge in [-0.15, -0.1) is 0 Å². The van der Waals surface area contributed by atoms with Crippen LogP contribution in [0.3, 0.4) is 0 Å². The Labute approximate surface area is 110 Å². The van der Waals surface area contributed by atoms with Crippen molar-refractivity contribution < 1.29 is 0 Å². The summed E-state index contributed by atoms with van der Waals surface area (Å²) in [5.74, 6) is 0. The van der Waals surface area contributed by atoms with E-state index in [1.807, 2.05) is 12.4 Å². The Hall–Kier alpha value is -1.00. The third-order valence-electron chi connectivity index (χ3n) is 4.13. The zero-order valence-corrected chi connectivity index (χ0v) is 11.5. The summed E-state index contributed by atoms with van der Waals surface area (Å²) in [6.07, 6.45) is 12.0. The quantitative estimate of drug-likeness (QED) is 0.863. The molecule has 0 unspecified atom stereocenters. The van der Waals surface area contributed by atoms with Crippen LogP contribution in [0, 0.1) is 0 Å². The molecule has 0 aliphatic heterocycles. The normalized spacial score (nSPS) is 19.1. The molecule has 0 spiro atoms. The summed E-state index contributed by atoms with van der Waals surface area (Å²) in [4.78, 5) is 10.5. The number of aromatic nitrogens is 2. The predicted molar refractivity (Wildman–Crippen MR) is 73.2 cm³/mol. The fourth-order valence-corrected chi connectivity index (χ4v) is 2.85. The van der Waals surface area contributed by atoms with Crippen molar-refractivity contribution in [3.8, 4) is 0 Å². The van der Waals surface area contributed by atoms with Crippen molar-refractivity contribution >= 4 is 0 Å². The van der Waals surface area contributed by atoms with Crippen molar-refractivity contribution in [2.24, 2.45) is 0 Å². The predicted octanol–water partition coefficient (Wildman–Crippen LogP) is 1.83. The highest BCUT2D eigenvalue weighted by Gasteiger charge is 2.33. The van der Waals surface area contributed by atoms with Gasteiger partial charge in [0.15, 0.2) is 0 Å². The van der Waals surface area contributed by atoms with Gasteiger partial charge in [0.2, 0.25) is 0 Å². The molecule has 0 atom stereocenters. The molecular formula is C14H24N4. The molecule has 4 nitrogen and oxygen atoms in total. The summed E-state index contributed by atoms with van der Waals surface area (Å²) in [7, 11) is 4.41. The third kappa shape index (κ3) is 3.27. The molecule has 100 valence electrons. The molecular weight excluding hydrogens is 224 g/mol. The second-order valence-corrected chi connectivity index (χ2v) is 5.53. The Morgan fingerprint density at radius 2 is 1.83 bits per heavy atom. The molecule has 2 rings (SSSR count). The number of likely N-dealkylation sites (N-methyl/N-ethyl adjacent to an activating group) is 1. The van der Waals surface area contributed by atoms with Crippen LogP contribution >= 0.6 is 0 Å². The van der Waals surface area contributed by atoms with Gasteiger partial charge in [0.05, 0.1) is 0 Å². The van der Waals surface area contributed by atoms with Crippen LogP contribution in [0.15, 0.2) is 18.7 Å². The Morgan fingerprint density at radius 3 is 2.44 bits per heavy atom. The number of nitrogens with one attached hydrogen (secondary N) is 1. The van der Waals surface area contributed by atoms with E-state index < -0.39 is 0 Å². The summed E-state index contributed by atoms with van der Waals surface area (Å²) in [5, 5.41) is 3.57. The van der Waals surface area contributed by atoms with Crippen LogP contribution in [-0.2, 0) is 6.54 Å². The molecule has 18 heavy (non-hydrogen) atoms. The molecule has 0 bridgehead atoms. The van der Waals surface area contributed by atoms with Crippen molar-refractivity contribution in [3.63, 3.8) is 0 Å². The largest absolute Gasteiger partial charge is 0.311 e. The van der Waals surface area contributed by atoms with Crippen LogP contribution in [0.25, 0.3) is 0 Å². The highest BCUT2D eigenvalue weighted by molar-refractivity contribution is 5.02. The Kier molecular flexibility index (Phi) is 4.66. The summed E-state index contributed by atoms with van der Waals surface area (Å²) in [6, 6.07) is 0. The molecule has 1 aliphatic rings. The molecule has 1 heterocycles. The minimum absolute atomic E-state index is 0.341. The van der Waals surface area contributed by atoms with Crippen molar-refractivity contribution in [2.75, 3.05) is 20.6 Å². The van der Waals surface area contributed by atoms with Crippen LogP contribution in [0.5, 0.6) is 0 Å².